The van der Waals surface area contributed by atoms with Gasteiger partial charge in [0.05, 0.1) is 6.16 Å². The maximum absolute atomic E-state index is 2.41. The van der Waals surface area contributed by atoms with Gasteiger partial charge in [-0.1, -0.05) is 92.7 Å². The van der Waals surface area contributed by atoms with Crippen molar-refractivity contribution >= 4 is 23.2 Å². The lowest BCUT2D eigenvalue weighted by Crippen LogP contribution is -3.00. The number of halogens is 1. The third kappa shape index (κ3) is 4.59. The average Bonchev–Trinajstić information content (AvgIpc) is 2.79. The van der Waals surface area contributed by atoms with E-state index in [0.717, 1.165) is 6.16 Å². The van der Waals surface area contributed by atoms with Crippen LogP contribution in [0.5, 0.6) is 0 Å². The average molecular weight is 475 g/mol. The molecule has 0 aliphatic heterocycles. The fourth-order valence-electron chi connectivity index (χ4n) is 4.09. The Balaban J connectivity index is 0.00000256. The van der Waals surface area contributed by atoms with Gasteiger partial charge in [0.15, 0.2) is 0 Å². The van der Waals surface area contributed by atoms with E-state index in [1.54, 1.807) is 0 Å². The lowest BCUT2D eigenvalue weighted by molar-refractivity contribution is -0.00000581. The molecule has 0 N–H and O–H groups in total. The smallest absolute Gasteiger partial charge is 0.116 e. The maximum Gasteiger partial charge on any atom is 0.116 e. The fourth-order valence-corrected chi connectivity index (χ4v) is 8.32. The third-order valence-electron chi connectivity index (χ3n) is 5.63. The predicted octanol–water partition coefficient (Wildman–Crippen LogP) is 3.31. The first-order chi connectivity index (χ1) is 14.2. The molecule has 0 amide bonds. The lowest BCUT2D eigenvalue weighted by Gasteiger charge is -2.28. The molecule has 4 aromatic carbocycles. The second-order valence-corrected chi connectivity index (χ2v) is 11.4. The van der Waals surface area contributed by atoms with E-state index >= 15 is 0 Å². The van der Waals surface area contributed by atoms with Crippen LogP contribution in [0.15, 0.2) is 115 Å². The van der Waals surface area contributed by atoms with E-state index in [1.165, 1.54) is 27.0 Å². The van der Waals surface area contributed by atoms with Crippen LogP contribution in [0.2, 0.25) is 0 Å². The van der Waals surface area contributed by atoms with Crippen LogP contribution in [-0.4, -0.2) is 0 Å². The Bertz CT molecular complexity index is 947. The van der Waals surface area contributed by atoms with Crippen molar-refractivity contribution in [3.8, 4) is 0 Å². The lowest BCUT2D eigenvalue weighted by atomic mass is 10.0. The normalized spacial score (nSPS) is 11.2. The van der Waals surface area contributed by atoms with Crippen LogP contribution < -0.4 is 32.9 Å². The Morgan fingerprint density at radius 3 is 1.40 bits per heavy atom. The first-order valence-corrected chi connectivity index (χ1v) is 12.3. The van der Waals surface area contributed by atoms with Crippen molar-refractivity contribution in [1.29, 1.82) is 0 Å². The van der Waals surface area contributed by atoms with Gasteiger partial charge in [0.2, 0.25) is 0 Å². The molecule has 0 saturated heterocycles. The molecule has 0 bridgehead atoms. The van der Waals surface area contributed by atoms with Crippen LogP contribution in [0, 0.1) is 0 Å². The summed E-state index contributed by atoms with van der Waals surface area (Å²) < 4.78 is 0. The van der Waals surface area contributed by atoms with Crippen LogP contribution in [-0.2, 0) is 6.16 Å². The molecule has 152 valence electrons. The van der Waals surface area contributed by atoms with Crippen LogP contribution in [0.4, 0.5) is 0 Å². The molecule has 0 aromatic heterocycles. The highest BCUT2D eigenvalue weighted by Gasteiger charge is 2.45. The Labute approximate surface area is 192 Å². The summed E-state index contributed by atoms with van der Waals surface area (Å²) in [5, 5.41) is 4.31. The first-order valence-electron chi connectivity index (χ1n) is 10.3. The molecule has 0 aliphatic rings. The highest BCUT2D eigenvalue weighted by atomic mass is 79.9. The summed E-state index contributed by atoms with van der Waals surface area (Å²) in [6, 6.07) is 42.5. The fraction of sp³-hybridized carbons (Fsp3) is 0.143. The summed E-state index contributed by atoms with van der Waals surface area (Å²) in [5.74, 6) is 0.535. The van der Waals surface area contributed by atoms with Crippen molar-refractivity contribution in [3.05, 3.63) is 126 Å². The Hall–Kier alpha value is -2.21. The molecule has 4 rings (SSSR count). The number of hydrogen-bond donors (Lipinski definition) is 0. The summed E-state index contributed by atoms with van der Waals surface area (Å²) in [5.41, 5.74) is 2.83. The molecule has 0 radical (unpaired) electrons. The summed E-state index contributed by atoms with van der Waals surface area (Å²) in [6.45, 7) is 4.54. The van der Waals surface area contributed by atoms with Crippen LogP contribution in [0.3, 0.4) is 0 Å². The van der Waals surface area contributed by atoms with E-state index in [0.29, 0.717) is 5.92 Å². The quantitative estimate of drug-likeness (QED) is 0.376. The van der Waals surface area contributed by atoms with E-state index in [1.807, 2.05) is 0 Å². The number of benzene rings is 4. The van der Waals surface area contributed by atoms with E-state index < -0.39 is 7.26 Å². The monoisotopic (exact) mass is 474 g/mol. The van der Waals surface area contributed by atoms with Gasteiger partial charge >= 0.3 is 0 Å². The topological polar surface area (TPSA) is 0 Å². The molecule has 4 aromatic rings. The Morgan fingerprint density at radius 2 is 1.00 bits per heavy atom. The second kappa shape index (κ2) is 10.2. The van der Waals surface area contributed by atoms with Gasteiger partial charge in [-0.05, 0) is 53.4 Å². The number of rotatable bonds is 6. The van der Waals surface area contributed by atoms with Gasteiger partial charge in [-0.3, -0.25) is 0 Å². The SMILES string of the molecule is CC(C)c1cccc(C[P+](c2ccccc2)(c2ccccc2)c2ccccc2)c1.[Br-]. The number of hydrogen-bond acceptors (Lipinski definition) is 0. The molecular formula is C28H28BrP. The van der Waals surface area contributed by atoms with E-state index in [2.05, 4.69) is 129 Å². The third-order valence-corrected chi connectivity index (χ3v) is 10.0. The largest absolute Gasteiger partial charge is 1.00 e. The molecule has 0 heterocycles. The minimum Gasteiger partial charge on any atom is -1.00 e. The van der Waals surface area contributed by atoms with Crippen molar-refractivity contribution in [2.75, 3.05) is 0 Å². The van der Waals surface area contributed by atoms with Crippen molar-refractivity contribution in [1.82, 2.24) is 0 Å². The molecule has 0 nitrogen and oxygen atoms in total. The zero-order valence-corrected chi connectivity index (χ0v) is 20.1. The van der Waals surface area contributed by atoms with Gasteiger partial charge in [0.25, 0.3) is 0 Å². The van der Waals surface area contributed by atoms with Crippen molar-refractivity contribution in [2.45, 2.75) is 25.9 Å². The standard InChI is InChI=1S/C28H28P.BrH/c1-23(2)25-14-12-13-24(21-25)22-29(26-15-6-3-7-16-26,27-17-8-4-9-18-27)28-19-10-5-11-20-28;/h3-21,23H,22H2,1-2H3;1H/q+1;/p-1. The minimum absolute atomic E-state index is 0. The van der Waals surface area contributed by atoms with Crippen LogP contribution >= 0.6 is 7.26 Å². The molecule has 0 fully saturated rings. The van der Waals surface area contributed by atoms with E-state index in [4.69, 9.17) is 0 Å². The van der Waals surface area contributed by atoms with Gasteiger partial charge in [0, 0.05) is 0 Å². The molecule has 30 heavy (non-hydrogen) atoms. The van der Waals surface area contributed by atoms with Crippen molar-refractivity contribution < 1.29 is 17.0 Å². The summed E-state index contributed by atoms with van der Waals surface area (Å²) >= 11 is 0. The molecule has 0 unspecified atom stereocenters. The molecule has 0 aliphatic carbocycles. The van der Waals surface area contributed by atoms with Gasteiger partial charge in [0.1, 0.15) is 23.2 Å². The molecule has 0 spiro atoms. The summed E-state index contributed by atoms with van der Waals surface area (Å²) in [4.78, 5) is 0. The summed E-state index contributed by atoms with van der Waals surface area (Å²) in [6.07, 6.45) is 1.03. The van der Waals surface area contributed by atoms with Crippen molar-refractivity contribution in [3.63, 3.8) is 0 Å². The van der Waals surface area contributed by atoms with Crippen molar-refractivity contribution in [2.24, 2.45) is 0 Å². The molecule has 0 atom stereocenters. The van der Waals surface area contributed by atoms with Crippen LogP contribution in [0.1, 0.15) is 30.9 Å². The zero-order valence-electron chi connectivity index (χ0n) is 17.6. The van der Waals surface area contributed by atoms with Gasteiger partial charge < -0.3 is 17.0 Å². The highest BCUT2D eigenvalue weighted by Crippen LogP contribution is 2.58. The highest BCUT2D eigenvalue weighted by molar-refractivity contribution is 7.95. The molecular weight excluding hydrogens is 447 g/mol. The zero-order chi connectivity index (χ0) is 20.1. The molecule has 2 heteroatoms. The van der Waals surface area contributed by atoms with Crippen LogP contribution in [0.25, 0.3) is 0 Å². The minimum atomic E-state index is -1.83. The van der Waals surface area contributed by atoms with E-state index in [-0.39, 0.29) is 17.0 Å². The van der Waals surface area contributed by atoms with Gasteiger partial charge in [-0.15, -0.1) is 0 Å². The first kappa shape index (κ1) is 22.5. The Morgan fingerprint density at radius 1 is 0.567 bits per heavy atom. The maximum atomic E-state index is 2.41. The predicted molar refractivity (Wildman–Crippen MR) is 129 cm³/mol. The van der Waals surface area contributed by atoms with Gasteiger partial charge in [-0.25, -0.2) is 0 Å². The summed E-state index contributed by atoms with van der Waals surface area (Å²) in [7, 11) is -1.83. The molecule has 0 saturated carbocycles. The van der Waals surface area contributed by atoms with E-state index in [9.17, 15) is 0 Å². The Kier molecular flexibility index (Phi) is 7.64. The van der Waals surface area contributed by atoms with Gasteiger partial charge in [-0.2, -0.15) is 0 Å². The second-order valence-electron chi connectivity index (χ2n) is 7.87.